The summed E-state index contributed by atoms with van der Waals surface area (Å²) in [5, 5.41) is 2.76. The van der Waals surface area contributed by atoms with Crippen LogP contribution in [0.25, 0.3) is 0 Å². The highest BCUT2D eigenvalue weighted by Gasteiger charge is 2.61. The van der Waals surface area contributed by atoms with Gasteiger partial charge in [0, 0.05) is 20.1 Å². The number of carbonyl (C=O) groups is 3. The number of hydrogen-bond donors (Lipinski definition) is 2. The lowest BCUT2D eigenvalue weighted by atomic mass is 9.63. The molecule has 3 atom stereocenters. The third-order valence-electron chi connectivity index (χ3n) is 7.26. The van der Waals surface area contributed by atoms with E-state index in [1.807, 2.05) is 30.3 Å². The van der Waals surface area contributed by atoms with E-state index in [9.17, 15) is 18.8 Å². The summed E-state index contributed by atoms with van der Waals surface area (Å²) in [6.07, 6.45) is 1.26. The van der Waals surface area contributed by atoms with E-state index in [0.717, 1.165) is 11.1 Å². The van der Waals surface area contributed by atoms with Gasteiger partial charge in [0.05, 0.1) is 30.2 Å². The highest BCUT2D eigenvalue weighted by molar-refractivity contribution is 5.94. The minimum absolute atomic E-state index is 0.0334. The number of likely N-dealkylation sites (tertiary alicyclic amines) is 2. The molecule has 0 aromatic heterocycles. The van der Waals surface area contributed by atoms with Gasteiger partial charge in [-0.15, -0.1) is 0 Å². The second-order valence-corrected chi connectivity index (χ2v) is 10.6. The molecule has 2 aromatic rings. The number of nitrogens with one attached hydrogen (secondary N) is 1. The predicted molar refractivity (Wildman–Crippen MR) is 136 cm³/mol. The normalized spacial score (nSPS) is 22.5. The van der Waals surface area contributed by atoms with Crippen molar-refractivity contribution < 1.29 is 23.5 Å². The molecule has 0 aliphatic carbocycles. The fourth-order valence-electron chi connectivity index (χ4n) is 5.36. The molecule has 4 rings (SSSR count). The number of nitrogens with two attached hydrogens (primary N) is 1. The van der Waals surface area contributed by atoms with Crippen LogP contribution in [0.3, 0.4) is 0 Å². The van der Waals surface area contributed by atoms with Crippen molar-refractivity contribution in [2.45, 2.75) is 50.9 Å². The van der Waals surface area contributed by atoms with Gasteiger partial charge in [0.2, 0.25) is 17.7 Å². The SMILES string of the molecule is CN1C(=O)C2(CCCN(C(=O)[C@@H](COCc3ccccc3)NC(=O)C(C)(C)N)C2)C1c1ccc(F)cc1. The molecule has 3 N–H and O–H groups in total. The van der Waals surface area contributed by atoms with Crippen molar-refractivity contribution in [3.63, 3.8) is 0 Å². The Balaban J connectivity index is 1.52. The smallest absolute Gasteiger partial charge is 0.247 e. The molecule has 37 heavy (non-hydrogen) atoms. The molecule has 1 spiro atoms. The van der Waals surface area contributed by atoms with E-state index in [2.05, 4.69) is 5.32 Å². The van der Waals surface area contributed by atoms with Crippen LogP contribution in [0.5, 0.6) is 0 Å². The fourth-order valence-corrected chi connectivity index (χ4v) is 5.36. The molecule has 0 radical (unpaired) electrons. The van der Waals surface area contributed by atoms with Crippen LogP contribution in [0.4, 0.5) is 4.39 Å². The average Bonchev–Trinajstić information content (AvgIpc) is 2.88. The number of ether oxygens (including phenoxy) is 1. The fraction of sp³-hybridized carbons (Fsp3) is 0.464. The molecule has 2 saturated heterocycles. The third kappa shape index (κ3) is 5.52. The molecule has 9 heteroatoms. The Morgan fingerprint density at radius 1 is 1.19 bits per heavy atom. The molecule has 2 aromatic carbocycles. The highest BCUT2D eigenvalue weighted by atomic mass is 19.1. The van der Waals surface area contributed by atoms with Crippen LogP contribution in [0.15, 0.2) is 54.6 Å². The van der Waals surface area contributed by atoms with Crippen LogP contribution in [0, 0.1) is 11.2 Å². The number of piperidine rings is 1. The molecule has 2 unspecified atom stereocenters. The van der Waals surface area contributed by atoms with Gasteiger partial charge in [0.1, 0.15) is 11.9 Å². The van der Waals surface area contributed by atoms with Gasteiger partial charge < -0.3 is 25.6 Å². The standard InChI is InChI=1S/C28H35FN4O4/c1-27(2,30)25(35)31-22(17-37-16-19-8-5-4-6-9-19)24(34)33-15-7-14-28(18-33)23(32(3)26(28)36)20-10-12-21(29)13-11-20/h4-6,8-13,22-23H,7,14-18,30H2,1-3H3,(H,31,35)/t22-,23?,28?/m1/s1. The first-order valence-corrected chi connectivity index (χ1v) is 12.6. The molecule has 2 heterocycles. The molecule has 3 amide bonds. The first-order valence-electron chi connectivity index (χ1n) is 12.6. The summed E-state index contributed by atoms with van der Waals surface area (Å²) in [4.78, 5) is 42.9. The van der Waals surface area contributed by atoms with Gasteiger partial charge in [0.25, 0.3) is 0 Å². The van der Waals surface area contributed by atoms with Crippen molar-refractivity contribution in [1.82, 2.24) is 15.1 Å². The largest absolute Gasteiger partial charge is 0.374 e. The zero-order valence-corrected chi connectivity index (χ0v) is 21.6. The summed E-state index contributed by atoms with van der Waals surface area (Å²) in [6.45, 7) is 4.07. The van der Waals surface area contributed by atoms with Crippen molar-refractivity contribution in [3.8, 4) is 0 Å². The molecule has 8 nitrogen and oxygen atoms in total. The van der Waals surface area contributed by atoms with Crippen LogP contribution in [0.1, 0.15) is 43.9 Å². The number of amides is 3. The number of hydrogen-bond acceptors (Lipinski definition) is 5. The van der Waals surface area contributed by atoms with E-state index in [1.54, 1.807) is 42.8 Å². The van der Waals surface area contributed by atoms with E-state index >= 15 is 0 Å². The van der Waals surface area contributed by atoms with Gasteiger partial charge in [-0.25, -0.2) is 4.39 Å². The Morgan fingerprint density at radius 2 is 1.86 bits per heavy atom. The third-order valence-corrected chi connectivity index (χ3v) is 7.26. The van der Waals surface area contributed by atoms with Crippen molar-refractivity contribution in [2.24, 2.45) is 11.1 Å². The van der Waals surface area contributed by atoms with Crippen LogP contribution < -0.4 is 11.1 Å². The lowest BCUT2D eigenvalue weighted by molar-refractivity contribution is -0.179. The summed E-state index contributed by atoms with van der Waals surface area (Å²) in [6, 6.07) is 14.5. The van der Waals surface area contributed by atoms with Crippen molar-refractivity contribution in [2.75, 3.05) is 26.7 Å². The second-order valence-electron chi connectivity index (χ2n) is 10.6. The summed E-state index contributed by atoms with van der Waals surface area (Å²) in [5.41, 5.74) is 5.79. The first kappa shape index (κ1) is 26.8. The number of rotatable bonds is 8. The van der Waals surface area contributed by atoms with E-state index < -0.39 is 22.9 Å². The minimum atomic E-state index is -1.18. The Bertz CT molecular complexity index is 1140. The Kier molecular flexibility index (Phi) is 7.66. The maximum atomic E-state index is 13.7. The number of carbonyl (C=O) groups excluding carboxylic acids is 3. The number of β-lactam (4-membered cyclic amide) rings is 1. The summed E-state index contributed by atoms with van der Waals surface area (Å²) >= 11 is 0. The molecular formula is C28H35FN4O4. The zero-order chi connectivity index (χ0) is 26.8. The number of benzene rings is 2. The first-order chi connectivity index (χ1) is 17.5. The van der Waals surface area contributed by atoms with Gasteiger partial charge in [-0.2, -0.15) is 0 Å². The van der Waals surface area contributed by atoms with E-state index in [4.69, 9.17) is 10.5 Å². The van der Waals surface area contributed by atoms with Gasteiger partial charge in [-0.1, -0.05) is 42.5 Å². The monoisotopic (exact) mass is 510 g/mol. The quantitative estimate of drug-likeness (QED) is 0.531. The molecule has 2 fully saturated rings. The Hall–Kier alpha value is -3.30. The molecule has 198 valence electrons. The Morgan fingerprint density at radius 3 is 2.51 bits per heavy atom. The van der Waals surface area contributed by atoms with Gasteiger partial charge in [-0.3, -0.25) is 14.4 Å². The minimum Gasteiger partial charge on any atom is -0.374 e. The summed E-state index contributed by atoms with van der Waals surface area (Å²) in [7, 11) is 1.73. The van der Waals surface area contributed by atoms with Gasteiger partial charge in [0.15, 0.2) is 0 Å². The lowest BCUT2D eigenvalue weighted by Gasteiger charge is -2.58. The van der Waals surface area contributed by atoms with Crippen molar-refractivity contribution in [3.05, 3.63) is 71.5 Å². The van der Waals surface area contributed by atoms with Crippen molar-refractivity contribution in [1.29, 1.82) is 0 Å². The molecule has 0 bridgehead atoms. The highest BCUT2D eigenvalue weighted by Crippen LogP contribution is 2.54. The molecular weight excluding hydrogens is 475 g/mol. The van der Waals surface area contributed by atoms with Crippen LogP contribution >= 0.6 is 0 Å². The van der Waals surface area contributed by atoms with Crippen LogP contribution in [-0.2, 0) is 25.7 Å². The Labute approximate surface area is 216 Å². The second kappa shape index (κ2) is 10.6. The molecule has 0 saturated carbocycles. The van der Waals surface area contributed by atoms with E-state index in [0.29, 0.717) is 19.4 Å². The number of nitrogens with zero attached hydrogens (tertiary/aromatic N) is 2. The predicted octanol–water partition coefficient (Wildman–Crippen LogP) is 2.39. The van der Waals surface area contributed by atoms with Crippen molar-refractivity contribution >= 4 is 17.7 Å². The molecule has 2 aliphatic heterocycles. The van der Waals surface area contributed by atoms with Crippen LogP contribution in [0.2, 0.25) is 0 Å². The van der Waals surface area contributed by atoms with E-state index in [1.165, 1.54) is 12.1 Å². The zero-order valence-electron chi connectivity index (χ0n) is 21.6. The molecule has 2 aliphatic rings. The van der Waals surface area contributed by atoms with Crippen LogP contribution in [-0.4, -0.2) is 65.8 Å². The topological polar surface area (TPSA) is 105 Å². The lowest BCUT2D eigenvalue weighted by Crippen LogP contribution is -2.68. The summed E-state index contributed by atoms with van der Waals surface area (Å²) in [5.74, 6) is -1.17. The average molecular weight is 511 g/mol. The maximum absolute atomic E-state index is 13.7. The number of halogens is 1. The van der Waals surface area contributed by atoms with Gasteiger partial charge in [-0.05, 0) is 49.9 Å². The summed E-state index contributed by atoms with van der Waals surface area (Å²) < 4.78 is 19.4. The van der Waals surface area contributed by atoms with E-state index in [-0.39, 0.29) is 43.4 Å². The van der Waals surface area contributed by atoms with Gasteiger partial charge >= 0.3 is 0 Å². The maximum Gasteiger partial charge on any atom is 0.247 e.